The lowest BCUT2D eigenvalue weighted by molar-refractivity contribution is 0.168. The van der Waals surface area contributed by atoms with Crippen molar-refractivity contribution in [2.24, 2.45) is 0 Å². The summed E-state index contributed by atoms with van der Waals surface area (Å²) in [5, 5.41) is 2.69. The second-order valence-electron chi connectivity index (χ2n) is 3.09. The van der Waals surface area contributed by atoms with Crippen molar-refractivity contribution in [1.29, 1.82) is 0 Å². The van der Waals surface area contributed by atoms with Gasteiger partial charge in [0.1, 0.15) is 0 Å². The van der Waals surface area contributed by atoms with Gasteiger partial charge in [0.15, 0.2) is 0 Å². The quantitative estimate of drug-likeness (QED) is 0.784. The van der Waals surface area contributed by atoms with Crippen LogP contribution in [-0.4, -0.2) is 12.7 Å². The number of carbonyl (C=O) groups is 1. The van der Waals surface area contributed by atoms with E-state index >= 15 is 0 Å². The van der Waals surface area contributed by atoms with Crippen molar-refractivity contribution in [2.45, 2.75) is 20.8 Å². The lowest BCUT2D eigenvalue weighted by atomic mass is 10.1. The lowest BCUT2D eigenvalue weighted by Gasteiger charge is -2.09. The summed E-state index contributed by atoms with van der Waals surface area (Å²) in [5.41, 5.74) is 3.03. The molecule has 0 saturated carbocycles. The molecule has 0 spiro atoms. The van der Waals surface area contributed by atoms with Crippen molar-refractivity contribution < 1.29 is 9.53 Å². The molecule has 0 aliphatic carbocycles. The minimum Gasteiger partial charge on any atom is -0.450 e. The smallest absolute Gasteiger partial charge is 0.411 e. The van der Waals surface area contributed by atoms with Crippen LogP contribution in [0.3, 0.4) is 0 Å². The Morgan fingerprint density at radius 3 is 2.79 bits per heavy atom. The normalized spacial score (nSPS) is 9.64. The zero-order chi connectivity index (χ0) is 10.6. The van der Waals surface area contributed by atoms with Gasteiger partial charge < -0.3 is 4.74 Å². The van der Waals surface area contributed by atoms with Gasteiger partial charge in [-0.2, -0.15) is 0 Å². The number of amides is 1. The van der Waals surface area contributed by atoms with Crippen molar-refractivity contribution >= 4 is 11.8 Å². The Bertz CT molecular complexity index is 334. The van der Waals surface area contributed by atoms with Crippen molar-refractivity contribution in [3.05, 3.63) is 29.3 Å². The van der Waals surface area contributed by atoms with E-state index in [-0.39, 0.29) is 0 Å². The molecular weight excluding hydrogens is 178 g/mol. The zero-order valence-corrected chi connectivity index (χ0v) is 8.76. The average molecular weight is 193 g/mol. The minimum absolute atomic E-state index is 0.386. The van der Waals surface area contributed by atoms with E-state index in [1.54, 1.807) is 6.92 Å². The van der Waals surface area contributed by atoms with Gasteiger partial charge in [-0.3, -0.25) is 5.32 Å². The van der Waals surface area contributed by atoms with E-state index in [2.05, 4.69) is 5.32 Å². The number of ether oxygens (including phenoxy) is 1. The standard InChI is InChI=1S/C11H15NO2/c1-4-14-11(13)12-10-7-5-6-8(2)9(10)3/h5-7H,4H2,1-3H3,(H,12,13). The number of rotatable bonds is 2. The summed E-state index contributed by atoms with van der Waals surface area (Å²) in [7, 11) is 0. The highest BCUT2D eigenvalue weighted by Crippen LogP contribution is 2.17. The largest absolute Gasteiger partial charge is 0.450 e. The lowest BCUT2D eigenvalue weighted by Crippen LogP contribution is -2.14. The zero-order valence-electron chi connectivity index (χ0n) is 8.76. The van der Waals surface area contributed by atoms with Crippen LogP contribution in [0, 0.1) is 13.8 Å². The molecule has 0 unspecified atom stereocenters. The first-order valence-electron chi connectivity index (χ1n) is 4.65. The summed E-state index contributed by atoms with van der Waals surface area (Å²) >= 11 is 0. The molecule has 0 aromatic heterocycles. The molecule has 14 heavy (non-hydrogen) atoms. The number of hydrogen-bond donors (Lipinski definition) is 1. The second-order valence-corrected chi connectivity index (χ2v) is 3.09. The van der Waals surface area contributed by atoms with E-state index in [1.807, 2.05) is 32.0 Å². The maximum absolute atomic E-state index is 11.1. The van der Waals surface area contributed by atoms with Crippen LogP contribution in [0.1, 0.15) is 18.1 Å². The van der Waals surface area contributed by atoms with Crippen LogP contribution >= 0.6 is 0 Å². The van der Waals surface area contributed by atoms with Crippen LogP contribution in [0.2, 0.25) is 0 Å². The molecule has 0 saturated heterocycles. The van der Waals surface area contributed by atoms with Gasteiger partial charge in [0, 0.05) is 5.69 Å². The Labute approximate surface area is 84.1 Å². The third-order valence-electron chi connectivity index (χ3n) is 2.12. The molecule has 76 valence electrons. The van der Waals surface area contributed by atoms with Crippen molar-refractivity contribution in [2.75, 3.05) is 11.9 Å². The number of hydrogen-bond acceptors (Lipinski definition) is 2. The molecule has 0 heterocycles. The Morgan fingerprint density at radius 2 is 2.14 bits per heavy atom. The fraction of sp³-hybridized carbons (Fsp3) is 0.364. The highest BCUT2D eigenvalue weighted by Gasteiger charge is 2.04. The van der Waals surface area contributed by atoms with Crippen LogP contribution in [0.4, 0.5) is 10.5 Å². The molecule has 3 nitrogen and oxygen atoms in total. The van der Waals surface area contributed by atoms with Crippen molar-refractivity contribution in [1.82, 2.24) is 0 Å². The molecule has 1 amide bonds. The van der Waals surface area contributed by atoms with Gasteiger partial charge in [-0.05, 0) is 38.0 Å². The number of carbonyl (C=O) groups excluding carboxylic acids is 1. The van der Waals surface area contributed by atoms with Crippen molar-refractivity contribution in [3.63, 3.8) is 0 Å². The van der Waals surface area contributed by atoms with Crippen LogP contribution < -0.4 is 5.32 Å². The molecule has 1 rings (SSSR count). The molecule has 0 aliphatic rings. The van der Waals surface area contributed by atoms with Gasteiger partial charge >= 0.3 is 6.09 Å². The molecule has 3 heteroatoms. The second kappa shape index (κ2) is 4.65. The monoisotopic (exact) mass is 193 g/mol. The summed E-state index contributed by atoms with van der Waals surface area (Å²) in [6.45, 7) is 6.14. The number of aryl methyl sites for hydroxylation is 1. The molecular formula is C11H15NO2. The summed E-state index contributed by atoms with van der Waals surface area (Å²) in [6.07, 6.45) is -0.402. The molecule has 0 aliphatic heterocycles. The molecule has 1 aromatic carbocycles. The Hall–Kier alpha value is -1.51. The highest BCUT2D eigenvalue weighted by atomic mass is 16.5. The average Bonchev–Trinajstić information content (AvgIpc) is 2.13. The Balaban J connectivity index is 2.76. The summed E-state index contributed by atoms with van der Waals surface area (Å²) < 4.78 is 4.79. The van der Waals surface area contributed by atoms with Gasteiger partial charge in [0.25, 0.3) is 0 Å². The first-order valence-corrected chi connectivity index (χ1v) is 4.65. The fourth-order valence-electron chi connectivity index (χ4n) is 1.16. The molecule has 1 aromatic rings. The number of benzene rings is 1. The molecule has 0 bridgehead atoms. The summed E-state index contributed by atoms with van der Waals surface area (Å²) in [6, 6.07) is 5.77. The van der Waals surface area contributed by atoms with Gasteiger partial charge in [0.05, 0.1) is 6.61 Å². The maximum Gasteiger partial charge on any atom is 0.411 e. The fourth-order valence-corrected chi connectivity index (χ4v) is 1.16. The van der Waals surface area contributed by atoms with E-state index in [4.69, 9.17) is 4.74 Å². The van der Waals surface area contributed by atoms with Crippen LogP contribution in [-0.2, 0) is 4.74 Å². The molecule has 0 atom stereocenters. The van der Waals surface area contributed by atoms with Crippen LogP contribution in [0.15, 0.2) is 18.2 Å². The number of anilines is 1. The van der Waals surface area contributed by atoms with E-state index in [1.165, 1.54) is 0 Å². The number of nitrogens with one attached hydrogen (secondary N) is 1. The predicted octanol–water partition coefficient (Wildman–Crippen LogP) is 2.87. The van der Waals surface area contributed by atoms with E-state index in [0.29, 0.717) is 6.61 Å². The topological polar surface area (TPSA) is 38.3 Å². The van der Waals surface area contributed by atoms with Crippen LogP contribution in [0.25, 0.3) is 0 Å². The molecule has 1 N–H and O–H groups in total. The molecule has 0 fully saturated rings. The predicted molar refractivity (Wildman–Crippen MR) is 56.6 cm³/mol. The Kier molecular flexibility index (Phi) is 3.51. The summed E-state index contributed by atoms with van der Waals surface area (Å²) in [5.74, 6) is 0. The SMILES string of the molecule is CCOC(=O)Nc1cccc(C)c1C. The molecule has 0 radical (unpaired) electrons. The first-order chi connectivity index (χ1) is 6.65. The van der Waals surface area contributed by atoms with E-state index < -0.39 is 6.09 Å². The minimum atomic E-state index is -0.402. The van der Waals surface area contributed by atoms with Crippen LogP contribution in [0.5, 0.6) is 0 Å². The van der Waals surface area contributed by atoms with Gasteiger partial charge in [-0.1, -0.05) is 12.1 Å². The third kappa shape index (κ3) is 2.49. The van der Waals surface area contributed by atoms with Gasteiger partial charge in [-0.15, -0.1) is 0 Å². The Morgan fingerprint density at radius 1 is 1.43 bits per heavy atom. The van der Waals surface area contributed by atoms with E-state index in [0.717, 1.165) is 16.8 Å². The first kappa shape index (κ1) is 10.6. The van der Waals surface area contributed by atoms with Crippen molar-refractivity contribution in [3.8, 4) is 0 Å². The highest BCUT2D eigenvalue weighted by molar-refractivity contribution is 5.85. The van der Waals surface area contributed by atoms with E-state index in [9.17, 15) is 4.79 Å². The van der Waals surface area contributed by atoms with Gasteiger partial charge in [0.2, 0.25) is 0 Å². The maximum atomic E-state index is 11.1. The third-order valence-corrected chi connectivity index (χ3v) is 2.12. The summed E-state index contributed by atoms with van der Waals surface area (Å²) in [4.78, 5) is 11.1. The van der Waals surface area contributed by atoms with Gasteiger partial charge in [-0.25, -0.2) is 4.79 Å².